The summed E-state index contributed by atoms with van der Waals surface area (Å²) in [6.07, 6.45) is 2.17. The van der Waals surface area contributed by atoms with Crippen LogP contribution in [0.15, 0.2) is 36.7 Å². The minimum atomic E-state index is -0.277. The highest BCUT2D eigenvalue weighted by Gasteiger charge is 2.32. The molecule has 120 valence electrons. The van der Waals surface area contributed by atoms with Gasteiger partial charge in [0.1, 0.15) is 18.2 Å². The van der Waals surface area contributed by atoms with Crippen LogP contribution in [-0.4, -0.2) is 35.1 Å². The number of carbonyl (C=O) groups excluding carboxylic acids is 1. The number of hydrogen-bond donors (Lipinski definition) is 1. The molecule has 1 atom stereocenters. The number of carbonyl (C=O) groups is 1. The summed E-state index contributed by atoms with van der Waals surface area (Å²) >= 11 is 0. The normalized spacial score (nSPS) is 17.4. The van der Waals surface area contributed by atoms with Gasteiger partial charge in [0.25, 0.3) is 0 Å². The maximum absolute atomic E-state index is 12.6. The smallest absolute Gasteiger partial charge is 0.249 e. The molecule has 1 amide bonds. The van der Waals surface area contributed by atoms with E-state index in [1.807, 2.05) is 43.0 Å². The number of aryl methyl sites for hydroxylation is 1. The van der Waals surface area contributed by atoms with E-state index in [-0.39, 0.29) is 11.9 Å². The Hall–Kier alpha value is -2.63. The third-order valence-corrected chi connectivity index (χ3v) is 3.81. The molecule has 6 heteroatoms. The Bertz CT molecular complexity index is 687. The van der Waals surface area contributed by atoms with Crippen molar-refractivity contribution in [3.63, 3.8) is 0 Å². The second kappa shape index (κ2) is 6.64. The number of nitrogens with zero attached hydrogens (tertiary/aromatic N) is 3. The second-order valence-electron chi connectivity index (χ2n) is 5.49. The molecule has 1 unspecified atom stereocenters. The predicted octanol–water partition coefficient (Wildman–Crippen LogP) is 2.40. The fourth-order valence-corrected chi connectivity index (χ4v) is 2.62. The lowest BCUT2D eigenvalue weighted by Crippen LogP contribution is -2.33. The molecule has 3 rings (SSSR count). The van der Waals surface area contributed by atoms with Crippen LogP contribution in [0.1, 0.15) is 18.9 Å². The number of amides is 1. The van der Waals surface area contributed by atoms with E-state index in [1.54, 1.807) is 6.07 Å². The molecule has 1 saturated heterocycles. The molecule has 1 N–H and O–H groups in total. The topological polar surface area (TPSA) is 67.3 Å². The summed E-state index contributed by atoms with van der Waals surface area (Å²) in [5.41, 5.74) is 2.11. The van der Waals surface area contributed by atoms with E-state index in [0.717, 1.165) is 12.1 Å². The number of ether oxygens (including phenoxy) is 1. The van der Waals surface area contributed by atoms with Gasteiger partial charge in [-0.3, -0.25) is 4.79 Å². The number of anilines is 2. The average Bonchev–Trinajstić information content (AvgIpc) is 2.90. The molecule has 1 aliphatic rings. The predicted molar refractivity (Wildman–Crippen MR) is 88.8 cm³/mol. The van der Waals surface area contributed by atoms with Gasteiger partial charge in [-0.05, 0) is 32.4 Å². The zero-order valence-corrected chi connectivity index (χ0v) is 13.3. The molecule has 1 aromatic carbocycles. The molecular formula is C17H20N4O2. The molecule has 0 bridgehead atoms. The summed E-state index contributed by atoms with van der Waals surface area (Å²) in [6, 6.07) is 9.43. The van der Waals surface area contributed by atoms with Crippen LogP contribution < -0.4 is 15.0 Å². The minimum absolute atomic E-state index is 0.0606. The van der Waals surface area contributed by atoms with Gasteiger partial charge in [-0.15, -0.1) is 0 Å². The fourth-order valence-electron chi connectivity index (χ4n) is 2.62. The highest BCUT2D eigenvalue weighted by Crippen LogP contribution is 2.24. The maximum Gasteiger partial charge on any atom is 0.249 e. The molecule has 23 heavy (non-hydrogen) atoms. The Labute approximate surface area is 135 Å². The van der Waals surface area contributed by atoms with Crippen LogP contribution in [0.5, 0.6) is 5.88 Å². The first-order chi connectivity index (χ1) is 11.2. The van der Waals surface area contributed by atoms with Crippen molar-refractivity contribution in [2.24, 2.45) is 0 Å². The number of benzene rings is 1. The van der Waals surface area contributed by atoms with Crippen molar-refractivity contribution >= 4 is 17.4 Å². The molecule has 0 saturated carbocycles. The highest BCUT2D eigenvalue weighted by atomic mass is 16.5. The average molecular weight is 312 g/mol. The molecule has 2 heterocycles. The second-order valence-corrected chi connectivity index (χ2v) is 5.49. The molecule has 6 nitrogen and oxygen atoms in total. The van der Waals surface area contributed by atoms with Crippen molar-refractivity contribution in [1.82, 2.24) is 9.97 Å². The fraction of sp³-hybridized carbons (Fsp3) is 0.353. The van der Waals surface area contributed by atoms with Crippen molar-refractivity contribution in [3.05, 3.63) is 42.2 Å². The van der Waals surface area contributed by atoms with Gasteiger partial charge in [0, 0.05) is 18.3 Å². The zero-order valence-electron chi connectivity index (χ0n) is 13.3. The molecule has 1 aliphatic heterocycles. The van der Waals surface area contributed by atoms with Gasteiger partial charge in [0.15, 0.2) is 0 Å². The van der Waals surface area contributed by atoms with Crippen LogP contribution in [0, 0.1) is 6.92 Å². The number of nitrogens with one attached hydrogen (secondary N) is 1. The van der Waals surface area contributed by atoms with Crippen LogP contribution in [0.4, 0.5) is 11.5 Å². The van der Waals surface area contributed by atoms with E-state index in [1.165, 1.54) is 11.9 Å². The van der Waals surface area contributed by atoms with Gasteiger partial charge in [-0.25, -0.2) is 9.97 Å². The van der Waals surface area contributed by atoms with Crippen LogP contribution in [0.2, 0.25) is 0 Å². The van der Waals surface area contributed by atoms with Crippen molar-refractivity contribution in [2.45, 2.75) is 26.3 Å². The van der Waals surface area contributed by atoms with E-state index in [4.69, 9.17) is 4.74 Å². The monoisotopic (exact) mass is 312 g/mol. The Kier molecular flexibility index (Phi) is 4.41. The van der Waals surface area contributed by atoms with Crippen LogP contribution in [-0.2, 0) is 4.79 Å². The standard InChI is InChI=1S/C17H20N4O2/c1-3-23-16-10-15(18-11-19-16)20-14-8-9-21(17(14)22)13-6-4-12(2)5-7-13/h4-7,10-11,14H,3,8-9H2,1-2H3,(H,18,19,20). The first-order valence-corrected chi connectivity index (χ1v) is 7.77. The van der Waals surface area contributed by atoms with Gasteiger partial charge < -0.3 is 15.0 Å². The van der Waals surface area contributed by atoms with E-state index < -0.39 is 0 Å². The number of rotatable bonds is 5. The summed E-state index contributed by atoms with van der Waals surface area (Å²) in [5, 5.41) is 3.18. The molecule has 2 aromatic rings. The van der Waals surface area contributed by atoms with Gasteiger partial charge in [-0.1, -0.05) is 17.7 Å². The Morgan fingerprint density at radius 1 is 1.30 bits per heavy atom. The Morgan fingerprint density at radius 3 is 2.83 bits per heavy atom. The third-order valence-electron chi connectivity index (χ3n) is 3.81. The molecule has 1 aromatic heterocycles. The summed E-state index contributed by atoms with van der Waals surface area (Å²) in [4.78, 5) is 22.6. The molecule has 0 radical (unpaired) electrons. The minimum Gasteiger partial charge on any atom is -0.478 e. The summed E-state index contributed by atoms with van der Waals surface area (Å²) in [5.74, 6) is 1.17. The SMILES string of the molecule is CCOc1cc(NC2CCN(c3ccc(C)cc3)C2=O)ncn1. The maximum atomic E-state index is 12.6. The number of aromatic nitrogens is 2. The van der Waals surface area contributed by atoms with E-state index in [0.29, 0.717) is 24.8 Å². The largest absolute Gasteiger partial charge is 0.478 e. The van der Waals surface area contributed by atoms with Crippen molar-refractivity contribution in [1.29, 1.82) is 0 Å². The molecule has 1 fully saturated rings. The van der Waals surface area contributed by atoms with Crippen LogP contribution >= 0.6 is 0 Å². The molecular weight excluding hydrogens is 292 g/mol. The van der Waals surface area contributed by atoms with Crippen molar-refractivity contribution in [3.8, 4) is 5.88 Å². The third kappa shape index (κ3) is 3.41. The lowest BCUT2D eigenvalue weighted by molar-refractivity contribution is -0.117. The Morgan fingerprint density at radius 2 is 2.09 bits per heavy atom. The zero-order chi connectivity index (χ0) is 16.2. The van der Waals surface area contributed by atoms with Gasteiger partial charge >= 0.3 is 0 Å². The first-order valence-electron chi connectivity index (χ1n) is 7.77. The van der Waals surface area contributed by atoms with Crippen molar-refractivity contribution < 1.29 is 9.53 Å². The van der Waals surface area contributed by atoms with Crippen LogP contribution in [0.25, 0.3) is 0 Å². The van der Waals surface area contributed by atoms with E-state index in [2.05, 4.69) is 15.3 Å². The molecule has 0 spiro atoms. The quantitative estimate of drug-likeness (QED) is 0.918. The lowest BCUT2D eigenvalue weighted by atomic mass is 10.2. The van der Waals surface area contributed by atoms with Crippen molar-refractivity contribution in [2.75, 3.05) is 23.4 Å². The van der Waals surface area contributed by atoms with Crippen LogP contribution in [0.3, 0.4) is 0 Å². The van der Waals surface area contributed by atoms with E-state index in [9.17, 15) is 4.79 Å². The number of hydrogen-bond acceptors (Lipinski definition) is 5. The van der Waals surface area contributed by atoms with Gasteiger partial charge in [0.2, 0.25) is 11.8 Å². The lowest BCUT2D eigenvalue weighted by Gasteiger charge is -2.17. The van der Waals surface area contributed by atoms with E-state index >= 15 is 0 Å². The Balaban J connectivity index is 1.69. The van der Waals surface area contributed by atoms with Gasteiger partial charge in [-0.2, -0.15) is 0 Å². The summed E-state index contributed by atoms with van der Waals surface area (Å²) < 4.78 is 5.35. The molecule has 0 aliphatic carbocycles. The highest BCUT2D eigenvalue weighted by molar-refractivity contribution is 6.00. The summed E-state index contributed by atoms with van der Waals surface area (Å²) in [7, 11) is 0. The first kappa shape index (κ1) is 15.3. The summed E-state index contributed by atoms with van der Waals surface area (Å²) in [6.45, 7) is 5.17. The van der Waals surface area contributed by atoms with Gasteiger partial charge in [0.05, 0.1) is 6.61 Å².